The van der Waals surface area contributed by atoms with Crippen LogP contribution in [0.25, 0.3) is 16.9 Å². The average Bonchev–Trinajstić information content (AvgIpc) is 3.01. The van der Waals surface area contributed by atoms with Gasteiger partial charge in [0.15, 0.2) is 5.82 Å². The zero-order chi connectivity index (χ0) is 14.1. The summed E-state index contributed by atoms with van der Waals surface area (Å²) >= 11 is 5.86. The summed E-state index contributed by atoms with van der Waals surface area (Å²) < 4.78 is 3.69. The number of nitriles is 1. The van der Waals surface area contributed by atoms with Gasteiger partial charge in [-0.1, -0.05) is 0 Å². The molecule has 0 aliphatic heterocycles. The third kappa shape index (κ3) is 2.04. The summed E-state index contributed by atoms with van der Waals surface area (Å²) in [5.41, 5.74) is 2.32. The fourth-order valence-corrected chi connectivity index (χ4v) is 2.39. The van der Waals surface area contributed by atoms with Gasteiger partial charge >= 0.3 is 0 Å². The lowest BCUT2D eigenvalue weighted by molar-refractivity contribution is 0.746. The maximum absolute atomic E-state index is 9.05. The maximum atomic E-state index is 9.05. The summed E-state index contributed by atoms with van der Waals surface area (Å²) in [5, 5.41) is 13.5. The highest BCUT2D eigenvalue weighted by Gasteiger charge is 2.14. The van der Waals surface area contributed by atoms with Gasteiger partial charge in [0.2, 0.25) is 0 Å². The first-order chi connectivity index (χ1) is 9.72. The Kier molecular flexibility index (Phi) is 3.17. The summed E-state index contributed by atoms with van der Waals surface area (Å²) in [6.45, 7) is 0. The molecule has 0 fully saturated rings. The molecule has 2 heterocycles. The van der Waals surface area contributed by atoms with Crippen LogP contribution in [-0.4, -0.2) is 25.2 Å². The zero-order valence-corrected chi connectivity index (χ0v) is 11.7. The van der Waals surface area contributed by atoms with Gasteiger partial charge in [-0.3, -0.25) is 9.25 Å². The van der Waals surface area contributed by atoms with E-state index in [1.165, 1.54) is 0 Å². The number of imidazole rings is 1. The van der Waals surface area contributed by atoms with Gasteiger partial charge < -0.3 is 0 Å². The van der Waals surface area contributed by atoms with Crippen LogP contribution in [0.3, 0.4) is 0 Å². The van der Waals surface area contributed by atoms with E-state index in [9.17, 15) is 0 Å². The minimum atomic E-state index is 0.487. The van der Waals surface area contributed by atoms with Crippen molar-refractivity contribution in [2.75, 3.05) is 5.88 Å². The molecule has 0 N–H and O–H groups in total. The molecule has 0 radical (unpaired) electrons. The zero-order valence-electron chi connectivity index (χ0n) is 10.9. The quantitative estimate of drug-likeness (QED) is 0.694. The Morgan fingerprint density at radius 1 is 1.35 bits per heavy atom. The summed E-state index contributed by atoms with van der Waals surface area (Å²) in [6, 6.07) is 9.51. The highest BCUT2D eigenvalue weighted by atomic mass is 35.5. The minimum absolute atomic E-state index is 0.487. The Morgan fingerprint density at radius 2 is 2.20 bits per heavy atom. The Morgan fingerprint density at radius 3 is 2.85 bits per heavy atom. The van der Waals surface area contributed by atoms with Crippen molar-refractivity contribution in [1.29, 1.82) is 5.26 Å². The second-order valence-corrected chi connectivity index (χ2v) is 4.84. The largest absolute Gasteiger partial charge is 0.279 e. The van der Waals surface area contributed by atoms with Gasteiger partial charge in [0.1, 0.15) is 5.82 Å². The number of aryl methyl sites for hydroxylation is 2. The van der Waals surface area contributed by atoms with Gasteiger partial charge in [0.25, 0.3) is 0 Å². The van der Waals surface area contributed by atoms with E-state index >= 15 is 0 Å². The predicted molar refractivity (Wildman–Crippen MR) is 77.0 cm³/mol. The summed E-state index contributed by atoms with van der Waals surface area (Å²) in [4.78, 5) is 4.58. The Bertz CT molecular complexity index is 809. The molecule has 6 heteroatoms. The lowest BCUT2D eigenvalue weighted by Crippen LogP contribution is -2.03. The van der Waals surface area contributed by atoms with Crippen molar-refractivity contribution < 1.29 is 0 Å². The van der Waals surface area contributed by atoms with E-state index in [0.717, 1.165) is 22.7 Å². The van der Waals surface area contributed by atoms with Crippen LogP contribution in [0.4, 0.5) is 0 Å². The molecule has 20 heavy (non-hydrogen) atoms. The lowest BCUT2D eigenvalue weighted by Gasteiger charge is -2.04. The van der Waals surface area contributed by atoms with Crippen LogP contribution in [0.1, 0.15) is 11.4 Å². The van der Waals surface area contributed by atoms with Crippen molar-refractivity contribution in [2.45, 2.75) is 6.42 Å². The molecule has 3 rings (SSSR count). The molecule has 0 saturated carbocycles. The molecule has 0 aliphatic carbocycles. The van der Waals surface area contributed by atoms with E-state index in [1.54, 1.807) is 10.7 Å². The predicted octanol–water partition coefficient (Wildman–Crippen LogP) is 2.41. The van der Waals surface area contributed by atoms with Crippen LogP contribution < -0.4 is 0 Å². The van der Waals surface area contributed by atoms with Gasteiger partial charge in [-0.15, -0.1) is 11.6 Å². The van der Waals surface area contributed by atoms with E-state index in [-0.39, 0.29) is 0 Å². The smallest absolute Gasteiger partial charge is 0.160 e. The van der Waals surface area contributed by atoms with Gasteiger partial charge in [0, 0.05) is 31.6 Å². The number of aromatic nitrogens is 4. The number of hydrogen-bond acceptors (Lipinski definition) is 3. The summed E-state index contributed by atoms with van der Waals surface area (Å²) in [7, 11) is 1.87. The minimum Gasteiger partial charge on any atom is -0.279 e. The molecule has 0 bridgehead atoms. The second-order valence-electron chi connectivity index (χ2n) is 4.47. The first-order valence-corrected chi connectivity index (χ1v) is 6.74. The van der Waals surface area contributed by atoms with Crippen LogP contribution in [-0.2, 0) is 13.5 Å². The van der Waals surface area contributed by atoms with Crippen LogP contribution in [0.2, 0.25) is 0 Å². The van der Waals surface area contributed by atoms with Crippen LogP contribution in [0, 0.1) is 11.3 Å². The molecular formula is C14H12ClN5. The van der Waals surface area contributed by atoms with Crippen LogP contribution in [0.15, 0.2) is 30.5 Å². The van der Waals surface area contributed by atoms with E-state index < -0.39 is 0 Å². The van der Waals surface area contributed by atoms with Crippen LogP contribution >= 0.6 is 11.6 Å². The lowest BCUT2D eigenvalue weighted by atomic mass is 10.2. The molecule has 0 spiro atoms. The second kappa shape index (κ2) is 4.99. The number of benzene rings is 1. The topological polar surface area (TPSA) is 59.4 Å². The molecule has 5 nitrogen and oxygen atoms in total. The molecule has 0 amide bonds. The number of hydrogen-bond donors (Lipinski definition) is 0. The number of rotatable bonds is 3. The van der Waals surface area contributed by atoms with E-state index in [0.29, 0.717) is 17.9 Å². The first-order valence-electron chi connectivity index (χ1n) is 6.20. The third-order valence-electron chi connectivity index (χ3n) is 3.10. The normalized spacial score (nSPS) is 10.8. The fraction of sp³-hybridized carbons (Fsp3) is 0.214. The SMILES string of the molecule is Cn1ccc(-n2c(CCCl)nc3ccc(C#N)cc32)n1. The van der Waals surface area contributed by atoms with Crippen LogP contribution in [0.5, 0.6) is 0 Å². The number of halogens is 1. The summed E-state index contributed by atoms with van der Waals surface area (Å²) in [5.74, 6) is 2.12. The number of fused-ring (bicyclic) bond motifs is 1. The number of alkyl halides is 1. The molecule has 1 aromatic carbocycles. The van der Waals surface area contributed by atoms with Crippen molar-refractivity contribution in [3.8, 4) is 11.9 Å². The maximum Gasteiger partial charge on any atom is 0.160 e. The average molecular weight is 286 g/mol. The van der Waals surface area contributed by atoms with E-state index in [4.69, 9.17) is 16.9 Å². The Labute approximate surface area is 121 Å². The van der Waals surface area contributed by atoms with Crippen molar-refractivity contribution in [2.24, 2.45) is 7.05 Å². The van der Waals surface area contributed by atoms with E-state index in [1.807, 2.05) is 36.0 Å². The molecule has 0 unspecified atom stereocenters. The monoisotopic (exact) mass is 285 g/mol. The van der Waals surface area contributed by atoms with Crippen molar-refractivity contribution in [1.82, 2.24) is 19.3 Å². The van der Waals surface area contributed by atoms with Crippen molar-refractivity contribution in [3.63, 3.8) is 0 Å². The molecule has 0 atom stereocenters. The van der Waals surface area contributed by atoms with Crippen molar-refractivity contribution >= 4 is 22.6 Å². The Balaban J connectivity index is 2.30. The molecule has 3 aromatic rings. The molecule has 0 aliphatic rings. The van der Waals surface area contributed by atoms with Gasteiger partial charge in [-0.05, 0) is 18.2 Å². The molecule has 0 saturated heterocycles. The summed E-state index contributed by atoms with van der Waals surface area (Å²) in [6.07, 6.45) is 2.52. The number of nitrogens with zero attached hydrogens (tertiary/aromatic N) is 5. The van der Waals surface area contributed by atoms with Gasteiger partial charge in [-0.25, -0.2) is 4.98 Å². The highest BCUT2D eigenvalue weighted by Crippen LogP contribution is 2.22. The van der Waals surface area contributed by atoms with Gasteiger partial charge in [-0.2, -0.15) is 10.4 Å². The first kappa shape index (κ1) is 12.7. The van der Waals surface area contributed by atoms with E-state index in [2.05, 4.69) is 16.2 Å². The van der Waals surface area contributed by atoms with Crippen molar-refractivity contribution in [3.05, 3.63) is 41.9 Å². The highest BCUT2D eigenvalue weighted by molar-refractivity contribution is 6.17. The van der Waals surface area contributed by atoms with Gasteiger partial charge in [0.05, 0.1) is 22.7 Å². The standard InChI is InChI=1S/C14H12ClN5/c1-19-7-5-14(18-19)20-12-8-10(9-16)2-3-11(12)17-13(20)4-6-15/h2-3,5,7-8H,4,6H2,1H3. The Hall–Kier alpha value is -2.32. The fourth-order valence-electron chi connectivity index (χ4n) is 2.22. The molecule has 2 aromatic heterocycles. The molecular weight excluding hydrogens is 274 g/mol. The molecule has 100 valence electrons. The third-order valence-corrected chi connectivity index (χ3v) is 3.29.